The van der Waals surface area contributed by atoms with E-state index in [9.17, 15) is 4.79 Å². The molecule has 7 heteroatoms. The lowest BCUT2D eigenvalue weighted by Crippen LogP contribution is -2.12. The van der Waals surface area contributed by atoms with Gasteiger partial charge in [-0.05, 0) is 23.7 Å². The van der Waals surface area contributed by atoms with Crippen molar-refractivity contribution in [1.29, 1.82) is 0 Å². The Morgan fingerprint density at radius 2 is 2.54 bits per heavy atom. The van der Waals surface area contributed by atoms with E-state index in [2.05, 4.69) is 15.5 Å². The number of aromatic amines is 1. The first-order valence-corrected chi connectivity index (χ1v) is 4.66. The predicted octanol–water partition coefficient (Wildman–Crippen LogP) is 1.09. The molecule has 2 heterocycles. The van der Waals surface area contributed by atoms with Crippen molar-refractivity contribution in [3.8, 4) is 0 Å². The van der Waals surface area contributed by atoms with Crippen LogP contribution in [-0.2, 0) is 0 Å². The summed E-state index contributed by atoms with van der Waals surface area (Å²) in [7, 11) is 0. The first kappa shape index (κ1) is 8.27. The van der Waals surface area contributed by atoms with E-state index in [-0.39, 0.29) is 10.7 Å². The summed E-state index contributed by atoms with van der Waals surface area (Å²) in [5.41, 5.74) is 0. The van der Waals surface area contributed by atoms with Gasteiger partial charge >= 0.3 is 0 Å². The van der Waals surface area contributed by atoms with E-state index in [0.717, 1.165) is 4.68 Å². The van der Waals surface area contributed by atoms with Crippen LogP contribution in [0.15, 0.2) is 17.5 Å². The first-order valence-electron chi connectivity index (χ1n) is 3.37. The third kappa shape index (κ3) is 1.43. The van der Waals surface area contributed by atoms with Crippen LogP contribution in [-0.4, -0.2) is 26.1 Å². The number of carbonyl (C=O) groups excluding carboxylic acids is 1. The zero-order chi connectivity index (χ0) is 9.26. The van der Waals surface area contributed by atoms with Gasteiger partial charge in [0.15, 0.2) is 0 Å². The lowest BCUT2D eigenvalue weighted by Gasteiger charge is -1.93. The Kier molecular flexibility index (Phi) is 2.03. The molecule has 0 aliphatic rings. The summed E-state index contributed by atoms with van der Waals surface area (Å²) in [6.07, 6.45) is 0. The number of nitrogens with zero attached hydrogens (tertiary/aromatic N) is 3. The van der Waals surface area contributed by atoms with Crippen molar-refractivity contribution in [2.75, 3.05) is 0 Å². The molecule has 0 aromatic carbocycles. The van der Waals surface area contributed by atoms with Gasteiger partial charge in [0.1, 0.15) is 0 Å². The molecule has 0 radical (unpaired) electrons. The highest BCUT2D eigenvalue weighted by Gasteiger charge is 2.10. The molecule has 13 heavy (non-hydrogen) atoms. The number of H-pyrrole nitrogens is 1. The average molecular weight is 212 g/mol. The molecule has 5 nitrogen and oxygen atoms in total. The summed E-state index contributed by atoms with van der Waals surface area (Å²) in [6.45, 7) is 0. The monoisotopic (exact) mass is 212 g/mol. The van der Waals surface area contributed by atoms with Gasteiger partial charge in [-0.2, -0.15) is 9.90 Å². The molecule has 2 aromatic heterocycles. The van der Waals surface area contributed by atoms with Crippen LogP contribution in [0.2, 0.25) is 0 Å². The fourth-order valence-corrected chi connectivity index (χ4v) is 1.66. The summed E-state index contributed by atoms with van der Waals surface area (Å²) in [6, 6.07) is 3.51. The summed E-state index contributed by atoms with van der Waals surface area (Å²) in [4.78, 5) is 12.2. The number of nitrogens with one attached hydrogen (secondary N) is 1. The fourth-order valence-electron chi connectivity index (χ4n) is 0.840. The van der Waals surface area contributed by atoms with Gasteiger partial charge in [0.05, 0.1) is 4.88 Å². The molecule has 0 spiro atoms. The van der Waals surface area contributed by atoms with Gasteiger partial charge in [0.2, 0.25) is 4.77 Å². The van der Waals surface area contributed by atoms with E-state index in [0.29, 0.717) is 4.88 Å². The molecule has 0 unspecified atom stereocenters. The highest BCUT2D eigenvalue weighted by atomic mass is 32.1. The second-order valence-corrected chi connectivity index (χ2v) is 3.51. The second kappa shape index (κ2) is 3.19. The predicted molar refractivity (Wildman–Crippen MR) is 49.3 cm³/mol. The number of aromatic nitrogens is 4. The van der Waals surface area contributed by atoms with Crippen molar-refractivity contribution in [2.45, 2.75) is 0 Å². The number of hydrogen-bond acceptors (Lipinski definition) is 5. The molecular formula is C6H4N4OS2. The average Bonchev–Trinajstić information content (AvgIpc) is 2.72. The van der Waals surface area contributed by atoms with E-state index < -0.39 is 0 Å². The Morgan fingerprint density at radius 1 is 1.69 bits per heavy atom. The Morgan fingerprint density at radius 3 is 3.08 bits per heavy atom. The van der Waals surface area contributed by atoms with Gasteiger partial charge in [-0.15, -0.1) is 11.3 Å². The third-order valence-corrected chi connectivity index (χ3v) is 2.53. The minimum Gasteiger partial charge on any atom is -0.266 e. The van der Waals surface area contributed by atoms with Crippen LogP contribution in [0.1, 0.15) is 9.67 Å². The third-order valence-electron chi connectivity index (χ3n) is 1.41. The van der Waals surface area contributed by atoms with Crippen molar-refractivity contribution in [3.05, 3.63) is 27.2 Å². The topological polar surface area (TPSA) is 63.6 Å². The number of thiophene rings is 1. The van der Waals surface area contributed by atoms with E-state index in [4.69, 9.17) is 12.2 Å². The van der Waals surface area contributed by atoms with Gasteiger partial charge in [0, 0.05) is 0 Å². The highest BCUT2D eigenvalue weighted by Crippen LogP contribution is 2.09. The van der Waals surface area contributed by atoms with Gasteiger partial charge in [-0.1, -0.05) is 16.4 Å². The van der Waals surface area contributed by atoms with Gasteiger partial charge in [0.25, 0.3) is 5.91 Å². The molecule has 0 amide bonds. The summed E-state index contributed by atoms with van der Waals surface area (Å²) in [5.74, 6) is -0.231. The summed E-state index contributed by atoms with van der Waals surface area (Å²) in [5, 5.41) is 11.1. The normalized spacial score (nSPS) is 10.2. The number of tetrazole rings is 1. The molecule has 0 aliphatic heterocycles. The molecule has 0 saturated carbocycles. The van der Waals surface area contributed by atoms with Crippen LogP contribution in [0.5, 0.6) is 0 Å². The van der Waals surface area contributed by atoms with Crippen molar-refractivity contribution >= 4 is 29.5 Å². The Hall–Kier alpha value is -1.34. The van der Waals surface area contributed by atoms with Crippen LogP contribution in [0.4, 0.5) is 0 Å². The molecule has 1 N–H and O–H groups in total. The van der Waals surface area contributed by atoms with E-state index in [1.807, 2.05) is 5.38 Å². The van der Waals surface area contributed by atoms with Crippen LogP contribution in [0.25, 0.3) is 0 Å². The van der Waals surface area contributed by atoms with Gasteiger partial charge in [-0.25, -0.2) is 0 Å². The SMILES string of the molecule is O=C(c1cccs1)n1[nH]nnc1=S. The standard InChI is InChI=1S/C6H4N4OS2/c11-5(4-2-1-3-13-4)10-6(12)7-8-9-10/h1-3H,(H,7,9,12). The van der Waals surface area contributed by atoms with Gasteiger partial charge < -0.3 is 0 Å². The Balaban J connectivity index is 2.45. The zero-order valence-electron chi connectivity index (χ0n) is 6.30. The molecule has 66 valence electrons. The van der Waals surface area contributed by atoms with Crippen LogP contribution < -0.4 is 0 Å². The molecule has 0 fully saturated rings. The summed E-state index contributed by atoms with van der Waals surface area (Å²) >= 11 is 6.12. The molecular weight excluding hydrogens is 208 g/mol. The summed E-state index contributed by atoms with van der Waals surface area (Å²) < 4.78 is 1.26. The van der Waals surface area contributed by atoms with Crippen LogP contribution >= 0.6 is 23.6 Å². The fraction of sp³-hybridized carbons (Fsp3) is 0. The maximum Gasteiger partial charge on any atom is 0.290 e. The van der Waals surface area contributed by atoms with E-state index in [1.165, 1.54) is 11.3 Å². The number of carbonyl (C=O) groups is 1. The molecule has 0 aliphatic carbocycles. The van der Waals surface area contributed by atoms with Crippen molar-refractivity contribution in [2.24, 2.45) is 0 Å². The minimum absolute atomic E-state index is 0.137. The maximum atomic E-state index is 11.6. The zero-order valence-corrected chi connectivity index (χ0v) is 7.93. The van der Waals surface area contributed by atoms with Gasteiger partial charge in [-0.3, -0.25) is 4.79 Å². The quantitative estimate of drug-likeness (QED) is 0.567. The van der Waals surface area contributed by atoms with Crippen molar-refractivity contribution < 1.29 is 4.79 Å². The number of hydrogen-bond donors (Lipinski definition) is 1. The van der Waals surface area contributed by atoms with Crippen molar-refractivity contribution in [1.82, 2.24) is 20.2 Å². The molecule has 2 rings (SSSR count). The van der Waals surface area contributed by atoms with Crippen molar-refractivity contribution in [3.63, 3.8) is 0 Å². The molecule has 2 aromatic rings. The first-order chi connectivity index (χ1) is 6.29. The molecule has 0 bridgehead atoms. The second-order valence-electron chi connectivity index (χ2n) is 2.20. The van der Waals surface area contributed by atoms with E-state index in [1.54, 1.807) is 12.1 Å². The lowest BCUT2D eigenvalue weighted by molar-refractivity contribution is 0.0945. The Bertz CT molecular complexity index is 469. The van der Waals surface area contributed by atoms with Crippen LogP contribution in [0.3, 0.4) is 0 Å². The van der Waals surface area contributed by atoms with Crippen LogP contribution in [0, 0.1) is 4.77 Å². The lowest BCUT2D eigenvalue weighted by atomic mass is 10.4. The maximum absolute atomic E-state index is 11.6. The number of rotatable bonds is 1. The highest BCUT2D eigenvalue weighted by molar-refractivity contribution is 7.71. The van der Waals surface area contributed by atoms with E-state index >= 15 is 0 Å². The molecule has 0 atom stereocenters. The Labute approximate surface area is 82.0 Å². The molecule has 0 saturated heterocycles. The minimum atomic E-state index is -0.231. The largest absolute Gasteiger partial charge is 0.290 e. The smallest absolute Gasteiger partial charge is 0.266 e.